The fraction of sp³-hybridized carbons (Fsp3) is 0.333. The van der Waals surface area contributed by atoms with E-state index in [-0.39, 0.29) is 0 Å². The molecule has 1 saturated heterocycles. The van der Waals surface area contributed by atoms with Crippen LogP contribution < -0.4 is 11.1 Å². The number of nitrogens with one attached hydrogen (secondary N) is 1. The molecule has 2 heterocycles. The molecule has 0 atom stereocenters. The third-order valence-electron chi connectivity index (χ3n) is 2.04. The summed E-state index contributed by atoms with van der Waals surface area (Å²) in [6, 6.07) is 3.72. The molecule has 1 aromatic heterocycles. The van der Waals surface area contributed by atoms with Crippen molar-refractivity contribution in [2.75, 3.05) is 18.5 Å². The van der Waals surface area contributed by atoms with Crippen LogP contribution in [0.15, 0.2) is 18.3 Å². The van der Waals surface area contributed by atoms with Gasteiger partial charge in [-0.25, -0.2) is 4.98 Å². The average molecular weight is 193 g/mol. The molecular formula is C9H11N3O2. The zero-order chi connectivity index (χ0) is 9.97. The minimum absolute atomic E-state index is 0.335. The van der Waals surface area contributed by atoms with Crippen LogP contribution in [-0.4, -0.2) is 30.1 Å². The Morgan fingerprint density at radius 2 is 2.36 bits per heavy atom. The van der Waals surface area contributed by atoms with Gasteiger partial charge < -0.3 is 15.8 Å². The van der Waals surface area contributed by atoms with Crippen LogP contribution in [0.5, 0.6) is 0 Å². The summed E-state index contributed by atoms with van der Waals surface area (Å²) >= 11 is 0. The zero-order valence-corrected chi connectivity index (χ0v) is 7.56. The Bertz CT molecular complexity index is 332. The van der Waals surface area contributed by atoms with Crippen LogP contribution in [0.1, 0.15) is 10.4 Å². The summed E-state index contributed by atoms with van der Waals surface area (Å²) in [6.45, 7) is 1.42. The number of amides is 1. The molecule has 1 fully saturated rings. The largest absolute Gasteiger partial charge is 0.377 e. The summed E-state index contributed by atoms with van der Waals surface area (Å²) in [5.41, 5.74) is 5.50. The summed E-state index contributed by atoms with van der Waals surface area (Å²) in [6.07, 6.45) is 1.46. The number of nitrogens with zero attached hydrogens (tertiary/aromatic N) is 1. The van der Waals surface area contributed by atoms with E-state index in [1.165, 1.54) is 6.20 Å². The fourth-order valence-electron chi connectivity index (χ4n) is 1.15. The highest BCUT2D eigenvalue weighted by molar-refractivity contribution is 5.92. The third-order valence-corrected chi connectivity index (χ3v) is 2.04. The second-order valence-corrected chi connectivity index (χ2v) is 3.18. The first-order valence-electron chi connectivity index (χ1n) is 4.36. The van der Waals surface area contributed by atoms with Gasteiger partial charge in [-0.2, -0.15) is 0 Å². The fourth-order valence-corrected chi connectivity index (χ4v) is 1.15. The highest BCUT2D eigenvalue weighted by Gasteiger charge is 2.17. The smallest absolute Gasteiger partial charge is 0.250 e. The molecule has 3 N–H and O–H groups in total. The van der Waals surface area contributed by atoms with E-state index in [4.69, 9.17) is 10.5 Å². The molecule has 5 nitrogen and oxygen atoms in total. The first kappa shape index (κ1) is 8.96. The van der Waals surface area contributed by atoms with Gasteiger partial charge in [0.2, 0.25) is 5.91 Å². The molecule has 0 radical (unpaired) electrons. The molecule has 2 rings (SSSR count). The molecule has 0 bridgehead atoms. The van der Waals surface area contributed by atoms with E-state index in [0.29, 0.717) is 24.8 Å². The number of nitrogens with two attached hydrogens (primary N) is 1. The molecule has 0 saturated carbocycles. The van der Waals surface area contributed by atoms with Gasteiger partial charge in [0.15, 0.2) is 0 Å². The SMILES string of the molecule is NC(=O)c1ccc(NC2COC2)nc1. The Morgan fingerprint density at radius 3 is 2.79 bits per heavy atom. The van der Waals surface area contributed by atoms with Gasteiger partial charge >= 0.3 is 0 Å². The Morgan fingerprint density at radius 1 is 1.57 bits per heavy atom. The summed E-state index contributed by atoms with van der Waals surface area (Å²) < 4.78 is 5.00. The Balaban J connectivity index is 2.01. The average Bonchev–Trinajstić information content (AvgIpc) is 2.12. The van der Waals surface area contributed by atoms with Crippen LogP contribution in [0.2, 0.25) is 0 Å². The summed E-state index contributed by atoms with van der Waals surface area (Å²) in [7, 11) is 0. The van der Waals surface area contributed by atoms with Crippen LogP contribution in [0.4, 0.5) is 5.82 Å². The quantitative estimate of drug-likeness (QED) is 0.707. The van der Waals surface area contributed by atoms with E-state index in [1.54, 1.807) is 12.1 Å². The van der Waals surface area contributed by atoms with E-state index in [2.05, 4.69) is 10.3 Å². The normalized spacial score (nSPS) is 16.0. The molecule has 5 heteroatoms. The van der Waals surface area contributed by atoms with Crippen LogP contribution in [0.25, 0.3) is 0 Å². The number of ether oxygens (including phenoxy) is 1. The van der Waals surface area contributed by atoms with Crippen LogP contribution in [0, 0.1) is 0 Å². The van der Waals surface area contributed by atoms with Crippen molar-refractivity contribution in [1.82, 2.24) is 4.98 Å². The second kappa shape index (κ2) is 3.63. The maximum atomic E-state index is 10.7. The Kier molecular flexibility index (Phi) is 2.32. The van der Waals surface area contributed by atoms with E-state index >= 15 is 0 Å². The maximum Gasteiger partial charge on any atom is 0.250 e. The Hall–Kier alpha value is -1.62. The molecule has 1 aromatic rings. The van der Waals surface area contributed by atoms with E-state index < -0.39 is 5.91 Å². The van der Waals surface area contributed by atoms with Crippen LogP contribution >= 0.6 is 0 Å². The van der Waals surface area contributed by atoms with Gasteiger partial charge in [0.25, 0.3) is 0 Å². The summed E-state index contributed by atoms with van der Waals surface area (Å²) in [4.78, 5) is 14.8. The van der Waals surface area contributed by atoms with Crippen molar-refractivity contribution in [3.8, 4) is 0 Å². The number of aromatic nitrogens is 1. The Labute approximate surface area is 81.3 Å². The van der Waals surface area contributed by atoms with Gasteiger partial charge in [0, 0.05) is 6.20 Å². The number of pyridine rings is 1. The number of carbonyl (C=O) groups is 1. The molecule has 1 amide bonds. The lowest BCUT2D eigenvalue weighted by Crippen LogP contribution is -2.40. The van der Waals surface area contributed by atoms with E-state index in [0.717, 1.165) is 5.82 Å². The zero-order valence-electron chi connectivity index (χ0n) is 7.56. The third kappa shape index (κ3) is 1.82. The van der Waals surface area contributed by atoms with Gasteiger partial charge in [-0.15, -0.1) is 0 Å². The lowest BCUT2D eigenvalue weighted by Gasteiger charge is -2.27. The highest BCUT2D eigenvalue weighted by atomic mass is 16.5. The number of carbonyl (C=O) groups excluding carboxylic acids is 1. The van der Waals surface area contributed by atoms with Crippen molar-refractivity contribution in [2.24, 2.45) is 5.73 Å². The van der Waals surface area contributed by atoms with Gasteiger partial charge in [0.1, 0.15) is 5.82 Å². The minimum atomic E-state index is -0.462. The minimum Gasteiger partial charge on any atom is -0.377 e. The standard InChI is InChI=1S/C9H11N3O2/c10-9(13)6-1-2-8(11-3-6)12-7-4-14-5-7/h1-3,7H,4-5H2,(H2,10,13)(H,11,12). The molecule has 1 aliphatic heterocycles. The predicted molar refractivity (Wildman–Crippen MR) is 51.0 cm³/mol. The highest BCUT2D eigenvalue weighted by Crippen LogP contribution is 2.10. The molecule has 1 aliphatic rings. The topological polar surface area (TPSA) is 77.2 Å². The first-order valence-corrected chi connectivity index (χ1v) is 4.36. The molecule has 0 unspecified atom stereocenters. The molecule has 0 spiro atoms. The van der Waals surface area contributed by atoms with Gasteiger partial charge in [-0.05, 0) is 12.1 Å². The maximum absolute atomic E-state index is 10.7. The van der Waals surface area contributed by atoms with E-state index in [9.17, 15) is 4.79 Å². The molecule has 74 valence electrons. The number of anilines is 1. The van der Waals surface area contributed by atoms with Crippen LogP contribution in [-0.2, 0) is 4.74 Å². The number of hydrogen-bond acceptors (Lipinski definition) is 4. The number of primary amides is 1. The van der Waals surface area contributed by atoms with Crippen LogP contribution in [0.3, 0.4) is 0 Å². The van der Waals surface area contributed by atoms with E-state index in [1.807, 2.05) is 0 Å². The van der Waals surface area contributed by atoms with Crippen molar-refractivity contribution in [2.45, 2.75) is 6.04 Å². The van der Waals surface area contributed by atoms with Crippen molar-refractivity contribution in [1.29, 1.82) is 0 Å². The van der Waals surface area contributed by atoms with Crippen molar-refractivity contribution in [3.63, 3.8) is 0 Å². The lowest BCUT2D eigenvalue weighted by atomic mass is 10.2. The van der Waals surface area contributed by atoms with Gasteiger partial charge in [-0.1, -0.05) is 0 Å². The molecular weight excluding hydrogens is 182 g/mol. The van der Waals surface area contributed by atoms with Crippen molar-refractivity contribution in [3.05, 3.63) is 23.9 Å². The lowest BCUT2D eigenvalue weighted by molar-refractivity contribution is 0.0209. The van der Waals surface area contributed by atoms with Crippen molar-refractivity contribution < 1.29 is 9.53 Å². The summed E-state index contributed by atoms with van der Waals surface area (Å²) in [5.74, 6) is 0.277. The van der Waals surface area contributed by atoms with Gasteiger partial charge in [-0.3, -0.25) is 4.79 Å². The number of hydrogen-bond donors (Lipinski definition) is 2. The summed E-state index contributed by atoms with van der Waals surface area (Å²) in [5, 5.41) is 3.16. The first-order chi connectivity index (χ1) is 6.75. The monoisotopic (exact) mass is 193 g/mol. The predicted octanol–water partition coefficient (Wildman–Crippen LogP) is -0.00880. The van der Waals surface area contributed by atoms with Gasteiger partial charge in [0.05, 0.1) is 24.8 Å². The van der Waals surface area contributed by atoms with Crippen molar-refractivity contribution >= 4 is 11.7 Å². The molecule has 0 aromatic carbocycles. The molecule has 14 heavy (non-hydrogen) atoms. The molecule has 0 aliphatic carbocycles. The number of rotatable bonds is 3. The second-order valence-electron chi connectivity index (χ2n) is 3.18.